The number of likely N-dealkylation sites (N-methyl/N-ethyl adjacent to an activating group) is 1. The van der Waals surface area contributed by atoms with Gasteiger partial charge in [-0.3, -0.25) is 0 Å². The number of hydrogen-bond acceptors (Lipinski definition) is 5. The Morgan fingerprint density at radius 2 is 2.00 bits per heavy atom. The summed E-state index contributed by atoms with van der Waals surface area (Å²) in [6.45, 7) is 13.0. The van der Waals surface area contributed by atoms with Crippen LogP contribution in [0.2, 0.25) is 0 Å². The molecule has 0 aliphatic carbocycles. The molecule has 0 saturated heterocycles. The quantitative estimate of drug-likeness (QED) is 0.776. The predicted molar refractivity (Wildman–Crippen MR) is 74.7 cm³/mol. The zero-order chi connectivity index (χ0) is 12.7. The Hall–Kier alpha value is -0.680. The first kappa shape index (κ1) is 14.4. The predicted octanol–water partition coefficient (Wildman–Crippen LogP) is 2.49. The van der Waals surface area contributed by atoms with Gasteiger partial charge in [-0.05, 0) is 19.0 Å². The van der Waals surface area contributed by atoms with Crippen molar-refractivity contribution in [3.8, 4) is 0 Å². The Balaban J connectivity index is 2.35. The molecule has 1 heterocycles. The maximum absolute atomic E-state index is 4.49. The van der Waals surface area contributed by atoms with Crippen LogP contribution in [-0.2, 0) is 6.42 Å². The lowest BCUT2D eigenvalue weighted by Crippen LogP contribution is -2.25. The minimum Gasteiger partial charge on any atom is -0.360 e. The summed E-state index contributed by atoms with van der Waals surface area (Å²) in [7, 11) is 0. The summed E-state index contributed by atoms with van der Waals surface area (Å²) >= 11 is 1.47. The van der Waals surface area contributed by atoms with E-state index in [0.29, 0.717) is 5.92 Å². The van der Waals surface area contributed by atoms with Gasteiger partial charge in [0.05, 0.1) is 0 Å². The molecule has 1 rings (SSSR count). The summed E-state index contributed by atoms with van der Waals surface area (Å²) in [4.78, 5) is 6.88. The molecular weight excluding hydrogens is 232 g/mol. The first-order valence-corrected chi connectivity index (χ1v) is 7.21. The second-order valence-electron chi connectivity index (χ2n) is 4.57. The standard InChI is InChI=1S/C12H24N4S/c1-5-16(6-2)8-7-11-14-12(17-15-11)13-9-10(3)4/h10H,5-9H2,1-4H3,(H,13,14,15). The van der Waals surface area contributed by atoms with Crippen molar-refractivity contribution in [2.24, 2.45) is 5.92 Å². The fourth-order valence-corrected chi connectivity index (χ4v) is 2.13. The third-order valence-corrected chi connectivity index (χ3v) is 3.39. The van der Waals surface area contributed by atoms with Crippen LogP contribution in [0.4, 0.5) is 5.13 Å². The third kappa shape index (κ3) is 5.46. The Bertz CT molecular complexity index is 307. The normalized spacial score (nSPS) is 11.4. The van der Waals surface area contributed by atoms with Gasteiger partial charge in [0, 0.05) is 31.0 Å². The summed E-state index contributed by atoms with van der Waals surface area (Å²) in [5.41, 5.74) is 0. The largest absolute Gasteiger partial charge is 0.360 e. The maximum atomic E-state index is 4.49. The SMILES string of the molecule is CCN(CC)CCc1nsc(NCC(C)C)n1. The molecule has 0 aliphatic heterocycles. The average molecular weight is 256 g/mol. The Labute approximate surface area is 109 Å². The molecule has 98 valence electrons. The summed E-state index contributed by atoms with van der Waals surface area (Å²) < 4.78 is 4.38. The molecule has 0 amide bonds. The minimum absolute atomic E-state index is 0.637. The Morgan fingerprint density at radius 3 is 2.59 bits per heavy atom. The van der Waals surface area contributed by atoms with Gasteiger partial charge in [0.2, 0.25) is 5.13 Å². The molecule has 1 aromatic heterocycles. The second-order valence-corrected chi connectivity index (χ2v) is 5.32. The molecule has 4 nitrogen and oxygen atoms in total. The van der Waals surface area contributed by atoms with Crippen LogP contribution in [-0.4, -0.2) is 40.4 Å². The number of anilines is 1. The monoisotopic (exact) mass is 256 g/mol. The second kappa shape index (κ2) is 7.61. The van der Waals surface area contributed by atoms with Crippen molar-refractivity contribution in [1.29, 1.82) is 0 Å². The van der Waals surface area contributed by atoms with Crippen molar-refractivity contribution in [2.75, 3.05) is 31.5 Å². The summed E-state index contributed by atoms with van der Waals surface area (Å²) in [5, 5.41) is 4.26. The van der Waals surface area contributed by atoms with E-state index in [0.717, 1.165) is 43.6 Å². The molecule has 0 radical (unpaired) electrons. The van der Waals surface area contributed by atoms with Crippen LogP contribution < -0.4 is 5.32 Å². The van der Waals surface area contributed by atoms with E-state index in [1.54, 1.807) is 0 Å². The van der Waals surface area contributed by atoms with Crippen LogP contribution in [0.1, 0.15) is 33.5 Å². The first-order chi connectivity index (χ1) is 8.15. The minimum atomic E-state index is 0.637. The van der Waals surface area contributed by atoms with E-state index in [9.17, 15) is 0 Å². The van der Waals surface area contributed by atoms with E-state index >= 15 is 0 Å². The molecule has 17 heavy (non-hydrogen) atoms. The number of nitrogens with zero attached hydrogens (tertiary/aromatic N) is 3. The van der Waals surface area contributed by atoms with Crippen molar-refractivity contribution < 1.29 is 0 Å². The molecule has 0 saturated carbocycles. The number of rotatable bonds is 8. The number of aromatic nitrogens is 2. The van der Waals surface area contributed by atoms with Crippen LogP contribution in [0.3, 0.4) is 0 Å². The van der Waals surface area contributed by atoms with Gasteiger partial charge in [0.1, 0.15) is 5.82 Å². The summed E-state index contributed by atoms with van der Waals surface area (Å²) in [6.07, 6.45) is 0.946. The maximum Gasteiger partial charge on any atom is 0.202 e. The highest BCUT2D eigenvalue weighted by molar-refractivity contribution is 7.09. The van der Waals surface area contributed by atoms with Crippen molar-refractivity contribution >= 4 is 16.7 Å². The highest BCUT2D eigenvalue weighted by atomic mass is 32.1. The third-order valence-electron chi connectivity index (χ3n) is 2.68. The highest BCUT2D eigenvalue weighted by Crippen LogP contribution is 2.12. The van der Waals surface area contributed by atoms with Gasteiger partial charge >= 0.3 is 0 Å². The van der Waals surface area contributed by atoms with Crippen molar-refractivity contribution in [3.05, 3.63) is 5.82 Å². The molecule has 0 bridgehead atoms. The lowest BCUT2D eigenvalue weighted by molar-refractivity contribution is 0.306. The molecule has 0 atom stereocenters. The molecule has 0 aliphatic rings. The van der Waals surface area contributed by atoms with Gasteiger partial charge in [-0.25, -0.2) is 4.98 Å². The van der Waals surface area contributed by atoms with E-state index in [4.69, 9.17) is 0 Å². The van der Waals surface area contributed by atoms with Gasteiger partial charge in [-0.1, -0.05) is 27.7 Å². The molecule has 5 heteroatoms. The first-order valence-electron chi connectivity index (χ1n) is 6.44. The fourth-order valence-electron chi connectivity index (χ4n) is 1.52. The van der Waals surface area contributed by atoms with E-state index in [-0.39, 0.29) is 0 Å². The van der Waals surface area contributed by atoms with Crippen molar-refractivity contribution in [3.63, 3.8) is 0 Å². The van der Waals surface area contributed by atoms with Crippen molar-refractivity contribution in [1.82, 2.24) is 14.3 Å². The van der Waals surface area contributed by atoms with Crippen LogP contribution in [0.5, 0.6) is 0 Å². The number of hydrogen-bond donors (Lipinski definition) is 1. The Kier molecular flexibility index (Phi) is 6.44. The lowest BCUT2D eigenvalue weighted by Gasteiger charge is -2.16. The number of nitrogens with one attached hydrogen (secondary N) is 1. The zero-order valence-electron chi connectivity index (χ0n) is 11.4. The van der Waals surface area contributed by atoms with Crippen molar-refractivity contribution in [2.45, 2.75) is 34.1 Å². The Morgan fingerprint density at radius 1 is 1.29 bits per heavy atom. The lowest BCUT2D eigenvalue weighted by atomic mass is 10.2. The molecule has 0 spiro atoms. The van der Waals surface area contributed by atoms with Crippen LogP contribution in [0.25, 0.3) is 0 Å². The van der Waals surface area contributed by atoms with Crippen LogP contribution >= 0.6 is 11.5 Å². The van der Waals surface area contributed by atoms with E-state index in [1.165, 1.54) is 11.5 Å². The van der Waals surface area contributed by atoms with Gasteiger partial charge in [0.15, 0.2) is 0 Å². The van der Waals surface area contributed by atoms with E-state index in [1.807, 2.05) is 0 Å². The molecule has 0 unspecified atom stereocenters. The van der Waals surface area contributed by atoms with Gasteiger partial charge in [-0.15, -0.1) is 0 Å². The highest BCUT2D eigenvalue weighted by Gasteiger charge is 2.06. The molecule has 1 aromatic rings. The smallest absolute Gasteiger partial charge is 0.202 e. The fraction of sp³-hybridized carbons (Fsp3) is 0.833. The molecule has 0 fully saturated rings. The van der Waals surface area contributed by atoms with E-state index in [2.05, 4.69) is 47.3 Å². The van der Waals surface area contributed by atoms with Gasteiger partial charge in [0.25, 0.3) is 0 Å². The summed E-state index contributed by atoms with van der Waals surface area (Å²) in [5.74, 6) is 1.60. The molecule has 1 N–H and O–H groups in total. The van der Waals surface area contributed by atoms with E-state index < -0.39 is 0 Å². The van der Waals surface area contributed by atoms with Gasteiger partial charge < -0.3 is 10.2 Å². The molecule has 0 aromatic carbocycles. The van der Waals surface area contributed by atoms with Crippen LogP contribution in [0.15, 0.2) is 0 Å². The van der Waals surface area contributed by atoms with Gasteiger partial charge in [-0.2, -0.15) is 4.37 Å². The zero-order valence-corrected chi connectivity index (χ0v) is 12.2. The molecular formula is C12H24N4S. The topological polar surface area (TPSA) is 41.1 Å². The summed E-state index contributed by atoms with van der Waals surface area (Å²) in [6, 6.07) is 0. The average Bonchev–Trinajstić information content (AvgIpc) is 2.76. The van der Waals surface area contributed by atoms with Crippen LogP contribution in [0, 0.1) is 5.92 Å².